The predicted octanol–water partition coefficient (Wildman–Crippen LogP) is 1.96. The molecule has 4 nitrogen and oxygen atoms in total. The van der Waals surface area contributed by atoms with Crippen LogP contribution >= 0.6 is 11.8 Å². The lowest BCUT2D eigenvalue weighted by Crippen LogP contribution is -2.27. The third kappa shape index (κ3) is 4.00. The molecule has 1 heterocycles. The van der Waals surface area contributed by atoms with Crippen LogP contribution in [0.5, 0.6) is 0 Å². The van der Waals surface area contributed by atoms with Gasteiger partial charge < -0.3 is 15.6 Å². The zero-order valence-corrected chi connectivity index (χ0v) is 11.5. The van der Waals surface area contributed by atoms with Crippen LogP contribution < -0.4 is 11.1 Å². The van der Waals surface area contributed by atoms with E-state index in [0.29, 0.717) is 23.2 Å². The summed E-state index contributed by atoms with van der Waals surface area (Å²) in [5, 5.41) is 3.49. The molecular formula is C12H21N3OS. The number of rotatable bonds is 6. The van der Waals surface area contributed by atoms with Crippen molar-refractivity contribution in [2.75, 3.05) is 18.5 Å². The summed E-state index contributed by atoms with van der Waals surface area (Å²) in [6.45, 7) is 5.60. The molecule has 0 radical (unpaired) electrons. The third-order valence-corrected chi connectivity index (χ3v) is 3.77. The highest BCUT2D eigenvalue weighted by molar-refractivity contribution is 7.99. The third-order valence-electron chi connectivity index (χ3n) is 2.73. The first-order valence-electron chi connectivity index (χ1n) is 5.85. The van der Waals surface area contributed by atoms with Gasteiger partial charge in [-0.1, -0.05) is 6.92 Å². The Kier molecular flexibility index (Phi) is 5.41. The number of carbonyl (C=O) groups is 1. The van der Waals surface area contributed by atoms with Gasteiger partial charge in [-0.3, -0.25) is 4.79 Å². The number of nitrogen functional groups attached to an aromatic ring is 1. The van der Waals surface area contributed by atoms with E-state index in [1.54, 1.807) is 12.3 Å². The monoisotopic (exact) mass is 255 g/mol. The van der Waals surface area contributed by atoms with Crippen molar-refractivity contribution in [3.8, 4) is 0 Å². The number of aromatic nitrogens is 1. The number of thioether (sulfide) groups is 1. The minimum atomic E-state index is -0.0446. The molecule has 96 valence electrons. The van der Waals surface area contributed by atoms with Crippen LogP contribution in [0, 0.1) is 0 Å². The molecule has 1 aromatic heterocycles. The lowest BCUT2D eigenvalue weighted by atomic mass is 10.3. The molecule has 0 aliphatic rings. The zero-order chi connectivity index (χ0) is 12.8. The van der Waals surface area contributed by atoms with E-state index in [9.17, 15) is 4.79 Å². The van der Waals surface area contributed by atoms with Crippen LogP contribution in [0.4, 0.5) is 5.69 Å². The van der Waals surface area contributed by atoms with Crippen LogP contribution in [0.15, 0.2) is 12.3 Å². The van der Waals surface area contributed by atoms with Crippen LogP contribution in [0.2, 0.25) is 0 Å². The van der Waals surface area contributed by atoms with Crippen LogP contribution in [-0.2, 0) is 6.54 Å². The van der Waals surface area contributed by atoms with Crippen molar-refractivity contribution < 1.29 is 4.79 Å². The Bertz CT molecular complexity index is 376. The number of aryl methyl sites for hydroxylation is 1. The molecule has 1 aromatic rings. The molecule has 17 heavy (non-hydrogen) atoms. The smallest absolute Gasteiger partial charge is 0.267 e. The Morgan fingerprint density at radius 2 is 2.35 bits per heavy atom. The topological polar surface area (TPSA) is 60.0 Å². The van der Waals surface area contributed by atoms with Crippen molar-refractivity contribution in [3.05, 3.63) is 18.0 Å². The number of carbonyl (C=O) groups excluding carboxylic acids is 1. The summed E-state index contributed by atoms with van der Waals surface area (Å²) in [7, 11) is 0. The summed E-state index contributed by atoms with van der Waals surface area (Å²) in [5.41, 5.74) is 6.96. The fourth-order valence-electron chi connectivity index (χ4n) is 1.58. The quantitative estimate of drug-likeness (QED) is 0.817. The predicted molar refractivity (Wildman–Crippen MR) is 74.4 cm³/mol. The van der Waals surface area contributed by atoms with Gasteiger partial charge in [-0.2, -0.15) is 11.8 Å². The summed E-state index contributed by atoms with van der Waals surface area (Å²) < 4.78 is 1.86. The van der Waals surface area contributed by atoms with Crippen molar-refractivity contribution in [2.45, 2.75) is 32.1 Å². The second kappa shape index (κ2) is 6.59. The molecule has 0 aromatic carbocycles. The second-order valence-electron chi connectivity index (χ2n) is 4.04. The van der Waals surface area contributed by atoms with E-state index in [2.05, 4.69) is 18.5 Å². The molecule has 0 saturated carbocycles. The molecule has 1 rings (SSSR count). The first-order chi connectivity index (χ1) is 8.08. The highest BCUT2D eigenvalue weighted by Crippen LogP contribution is 2.11. The van der Waals surface area contributed by atoms with E-state index in [0.717, 1.165) is 13.0 Å². The molecule has 1 unspecified atom stereocenters. The molecule has 0 aliphatic carbocycles. The second-order valence-corrected chi connectivity index (χ2v) is 5.31. The first-order valence-corrected chi connectivity index (χ1v) is 7.13. The minimum Gasteiger partial charge on any atom is -0.397 e. The molecule has 5 heteroatoms. The largest absolute Gasteiger partial charge is 0.397 e. The van der Waals surface area contributed by atoms with Gasteiger partial charge in [0.05, 0.1) is 5.69 Å². The SMILES string of the molecule is CCn1cc(N)cc1C(=O)NCCC(C)SC. The van der Waals surface area contributed by atoms with E-state index in [-0.39, 0.29) is 5.91 Å². The average molecular weight is 255 g/mol. The molecular weight excluding hydrogens is 234 g/mol. The first kappa shape index (κ1) is 14.0. The molecule has 0 spiro atoms. The lowest BCUT2D eigenvalue weighted by Gasteiger charge is -2.10. The number of nitrogens with zero attached hydrogens (tertiary/aromatic N) is 1. The van der Waals surface area contributed by atoms with Gasteiger partial charge in [0.15, 0.2) is 0 Å². The van der Waals surface area contributed by atoms with E-state index in [4.69, 9.17) is 5.73 Å². The Labute approximate surface area is 107 Å². The number of hydrogen-bond donors (Lipinski definition) is 2. The van der Waals surface area contributed by atoms with Gasteiger partial charge in [0.2, 0.25) is 0 Å². The molecule has 0 aliphatic heterocycles. The Balaban J connectivity index is 2.52. The molecule has 0 fully saturated rings. The normalized spacial score (nSPS) is 12.4. The van der Waals surface area contributed by atoms with E-state index in [1.165, 1.54) is 0 Å². The fourth-order valence-corrected chi connectivity index (χ4v) is 1.94. The molecule has 1 amide bonds. The number of hydrogen-bond acceptors (Lipinski definition) is 3. The standard InChI is InChI=1S/C12H21N3OS/c1-4-15-8-10(13)7-11(15)12(16)14-6-5-9(2)17-3/h7-9H,4-6,13H2,1-3H3,(H,14,16). The lowest BCUT2D eigenvalue weighted by molar-refractivity contribution is 0.0944. The summed E-state index contributed by atoms with van der Waals surface area (Å²) in [4.78, 5) is 11.9. The number of amides is 1. The number of nitrogens with one attached hydrogen (secondary N) is 1. The zero-order valence-electron chi connectivity index (χ0n) is 10.7. The summed E-state index contributed by atoms with van der Waals surface area (Å²) >= 11 is 1.81. The molecule has 1 atom stereocenters. The maximum Gasteiger partial charge on any atom is 0.267 e. The van der Waals surface area contributed by atoms with Crippen molar-refractivity contribution >= 4 is 23.4 Å². The van der Waals surface area contributed by atoms with Crippen molar-refractivity contribution in [1.82, 2.24) is 9.88 Å². The van der Waals surface area contributed by atoms with Crippen LogP contribution in [-0.4, -0.2) is 28.5 Å². The van der Waals surface area contributed by atoms with Gasteiger partial charge >= 0.3 is 0 Å². The maximum atomic E-state index is 11.9. The minimum absolute atomic E-state index is 0.0446. The molecule has 0 bridgehead atoms. The van der Waals surface area contributed by atoms with E-state index < -0.39 is 0 Å². The van der Waals surface area contributed by atoms with Crippen molar-refractivity contribution in [3.63, 3.8) is 0 Å². The average Bonchev–Trinajstić information content (AvgIpc) is 2.70. The van der Waals surface area contributed by atoms with Crippen molar-refractivity contribution in [2.24, 2.45) is 0 Å². The Hall–Kier alpha value is -1.10. The number of anilines is 1. The van der Waals surface area contributed by atoms with Crippen molar-refractivity contribution in [1.29, 1.82) is 0 Å². The van der Waals surface area contributed by atoms with Crippen LogP contribution in [0.1, 0.15) is 30.8 Å². The summed E-state index contributed by atoms with van der Waals surface area (Å²) in [6.07, 6.45) is 4.85. The summed E-state index contributed by atoms with van der Waals surface area (Å²) in [5.74, 6) is -0.0446. The summed E-state index contributed by atoms with van der Waals surface area (Å²) in [6, 6.07) is 1.72. The van der Waals surface area contributed by atoms with Gasteiger partial charge in [-0.15, -0.1) is 0 Å². The number of nitrogens with two attached hydrogens (primary N) is 1. The Morgan fingerprint density at radius 3 is 2.94 bits per heavy atom. The van der Waals surface area contributed by atoms with Gasteiger partial charge in [0, 0.05) is 24.5 Å². The maximum absolute atomic E-state index is 11.9. The van der Waals surface area contributed by atoms with Gasteiger partial charge in [-0.05, 0) is 25.7 Å². The Morgan fingerprint density at radius 1 is 1.65 bits per heavy atom. The van der Waals surface area contributed by atoms with Crippen LogP contribution in [0.25, 0.3) is 0 Å². The highest BCUT2D eigenvalue weighted by atomic mass is 32.2. The molecule has 0 saturated heterocycles. The van der Waals surface area contributed by atoms with E-state index in [1.807, 2.05) is 23.3 Å². The highest BCUT2D eigenvalue weighted by Gasteiger charge is 2.11. The van der Waals surface area contributed by atoms with Crippen LogP contribution in [0.3, 0.4) is 0 Å². The molecule has 3 N–H and O–H groups in total. The van der Waals surface area contributed by atoms with Gasteiger partial charge in [0.1, 0.15) is 5.69 Å². The van der Waals surface area contributed by atoms with Gasteiger partial charge in [-0.25, -0.2) is 0 Å². The van der Waals surface area contributed by atoms with E-state index >= 15 is 0 Å². The fraction of sp³-hybridized carbons (Fsp3) is 0.583. The van der Waals surface area contributed by atoms with Gasteiger partial charge in [0.25, 0.3) is 5.91 Å².